The van der Waals surface area contributed by atoms with E-state index in [0.29, 0.717) is 11.1 Å². The van der Waals surface area contributed by atoms with E-state index >= 15 is 0 Å². The molecule has 0 N–H and O–H groups in total. The van der Waals surface area contributed by atoms with E-state index < -0.39 is 3.79 Å². The Labute approximate surface area is 208 Å². The second-order valence-corrected chi connectivity index (χ2v) is 11.0. The van der Waals surface area contributed by atoms with Gasteiger partial charge in [-0.2, -0.15) is 0 Å². The molecule has 2 nitrogen and oxygen atoms in total. The summed E-state index contributed by atoms with van der Waals surface area (Å²) in [5, 5.41) is 1.15. The number of carbonyl (C=O) groups excluding carboxylic acids is 1. The summed E-state index contributed by atoms with van der Waals surface area (Å²) < 4.78 is -1.51. The molecule has 3 aromatic carbocycles. The maximum atomic E-state index is 13.1. The zero-order chi connectivity index (χ0) is 22.7. The van der Waals surface area contributed by atoms with Crippen molar-refractivity contribution in [3.8, 4) is 0 Å². The molecule has 32 heavy (non-hydrogen) atoms. The monoisotopic (exact) mass is 501 g/mol. The largest absolute Gasteiger partial charge is 0.358 e. The van der Waals surface area contributed by atoms with Gasteiger partial charge in [0, 0.05) is 23.7 Å². The molecule has 2 unspecified atom stereocenters. The Morgan fingerprint density at radius 1 is 0.906 bits per heavy atom. The number of carbonyl (C=O) groups is 1. The number of thioether (sulfide) groups is 1. The van der Waals surface area contributed by atoms with Crippen molar-refractivity contribution in [3.05, 3.63) is 118 Å². The summed E-state index contributed by atoms with van der Waals surface area (Å²) in [5.41, 5.74) is 3.57. The maximum Gasteiger partial charge on any atom is 0.216 e. The number of halogens is 3. The zero-order valence-corrected chi connectivity index (χ0v) is 20.5. The lowest BCUT2D eigenvalue weighted by molar-refractivity contribution is 0.104. The second kappa shape index (κ2) is 9.93. The molecule has 0 bridgehead atoms. The van der Waals surface area contributed by atoms with E-state index in [0.717, 1.165) is 11.6 Å². The first-order valence-corrected chi connectivity index (χ1v) is 12.4. The molecule has 1 saturated heterocycles. The molecule has 164 valence electrons. The average molecular weight is 503 g/mol. The third-order valence-corrected chi connectivity index (χ3v) is 7.55. The fraction of sp³-hybridized carbons (Fsp3) is 0.192. The molecule has 1 aliphatic heterocycles. The lowest BCUT2D eigenvalue weighted by Crippen LogP contribution is -2.24. The molecule has 4 rings (SSSR count). The number of benzene rings is 3. The quantitative estimate of drug-likeness (QED) is 0.200. The fourth-order valence-corrected chi connectivity index (χ4v) is 5.87. The number of allylic oxidation sites excluding steroid dienone is 1. The number of hydrogen-bond acceptors (Lipinski definition) is 3. The molecular weight excluding hydrogens is 481 g/mol. The van der Waals surface area contributed by atoms with E-state index in [9.17, 15) is 4.79 Å². The average Bonchev–Trinajstić information content (AvgIpc) is 3.17. The SMILES string of the molecule is CCN1C(=CC(=O)c2ccc(C(Cl)(Cl)Cl)cc2)SC(c2ccccc2)C1c1ccccc1. The Balaban J connectivity index is 1.69. The van der Waals surface area contributed by atoms with Crippen LogP contribution in [0.1, 0.15) is 45.3 Å². The van der Waals surface area contributed by atoms with Gasteiger partial charge in [0.1, 0.15) is 0 Å². The highest BCUT2D eigenvalue weighted by Gasteiger charge is 2.39. The molecule has 1 heterocycles. The summed E-state index contributed by atoms with van der Waals surface area (Å²) >= 11 is 19.5. The highest BCUT2D eigenvalue weighted by atomic mass is 35.6. The summed E-state index contributed by atoms with van der Waals surface area (Å²) in [6.45, 7) is 2.92. The minimum Gasteiger partial charge on any atom is -0.358 e. The lowest BCUT2D eigenvalue weighted by atomic mass is 9.97. The van der Waals surface area contributed by atoms with Crippen molar-refractivity contribution >= 4 is 52.3 Å². The molecule has 3 aromatic rings. The standard InChI is InChI=1S/C26H22Cl3NOS/c1-2-30-23(17-22(31)18-13-15-21(16-14-18)26(27,28)29)32-25(20-11-7-4-8-12-20)24(30)19-9-5-3-6-10-19/h3-17,24-25H,2H2,1H3. The van der Waals surface area contributed by atoms with Crippen LogP contribution in [0.15, 0.2) is 96.0 Å². The van der Waals surface area contributed by atoms with Gasteiger partial charge in [-0.25, -0.2) is 0 Å². The number of hydrogen-bond donors (Lipinski definition) is 0. The van der Waals surface area contributed by atoms with Crippen LogP contribution >= 0.6 is 46.6 Å². The van der Waals surface area contributed by atoms with Crippen LogP contribution in [0, 0.1) is 0 Å². The summed E-state index contributed by atoms with van der Waals surface area (Å²) in [6, 6.07) is 27.8. The first kappa shape index (κ1) is 23.3. The minimum atomic E-state index is -1.51. The minimum absolute atomic E-state index is 0.0673. The van der Waals surface area contributed by atoms with Crippen LogP contribution in [0.2, 0.25) is 0 Å². The van der Waals surface area contributed by atoms with Gasteiger partial charge in [-0.3, -0.25) is 4.79 Å². The van der Waals surface area contributed by atoms with Crippen LogP contribution in [0.5, 0.6) is 0 Å². The predicted octanol–water partition coefficient (Wildman–Crippen LogP) is 8.09. The van der Waals surface area contributed by atoms with Crippen LogP contribution in [-0.4, -0.2) is 17.2 Å². The Hall–Kier alpha value is -1.91. The number of rotatable bonds is 5. The molecule has 0 saturated carbocycles. The molecule has 1 aliphatic rings. The first-order valence-electron chi connectivity index (χ1n) is 10.3. The van der Waals surface area contributed by atoms with Gasteiger partial charge in [-0.05, 0) is 18.1 Å². The number of nitrogens with zero attached hydrogens (tertiary/aromatic N) is 1. The van der Waals surface area contributed by atoms with Crippen LogP contribution < -0.4 is 0 Å². The maximum absolute atomic E-state index is 13.1. The molecule has 2 atom stereocenters. The Morgan fingerprint density at radius 2 is 1.47 bits per heavy atom. The first-order chi connectivity index (χ1) is 15.4. The Bertz CT molecular complexity index is 1100. The van der Waals surface area contributed by atoms with Gasteiger partial charge in [-0.1, -0.05) is 131 Å². The zero-order valence-electron chi connectivity index (χ0n) is 17.4. The second-order valence-electron chi connectivity index (χ2n) is 7.51. The van der Waals surface area contributed by atoms with Gasteiger partial charge >= 0.3 is 0 Å². The van der Waals surface area contributed by atoms with E-state index in [-0.39, 0.29) is 17.1 Å². The molecule has 0 aromatic heterocycles. The van der Waals surface area contributed by atoms with Gasteiger partial charge in [0.2, 0.25) is 3.79 Å². The van der Waals surface area contributed by atoms with Crippen molar-refractivity contribution in [2.24, 2.45) is 0 Å². The molecule has 6 heteroatoms. The van der Waals surface area contributed by atoms with Crippen molar-refractivity contribution < 1.29 is 4.79 Å². The van der Waals surface area contributed by atoms with Gasteiger partial charge in [-0.15, -0.1) is 0 Å². The molecule has 0 spiro atoms. The normalized spacial score (nSPS) is 20.0. The summed E-state index contributed by atoms with van der Waals surface area (Å²) in [7, 11) is 0. The summed E-state index contributed by atoms with van der Waals surface area (Å²) in [5.74, 6) is -0.0673. The van der Waals surface area contributed by atoms with Crippen molar-refractivity contribution in [2.75, 3.05) is 6.54 Å². The van der Waals surface area contributed by atoms with Gasteiger partial charge in [0.25, 0.3) is 0 Å². The summed E-state index contributed by atoms with van der Waals surface area (Å²) in [4.78, 5) is 15.4. The molecule has 0 amide bonds. The van der Waals surface area contributed by atoms with E-state index in [1.165, 1.54) is 11.1 Å². The van der Waals surface area contributed by atoms with E-state index in [1.54, 1.807) is 42.1 Å². The van der Waals surface area contributed by atoms with E-state index in [2.05, 4.69) is 60.4 Å². The smallest absolute Gasteiger partial charge is 0.216 e. The van der Waals surface area contributed by atoms with Gasteiger partial charge in [0.05, 0.1) is 16.3 Å². The highest BCUT2D eigenvalue weighted by Crippen LogP contribution is 2.55. The number of alkyl halides is 3. The van der Waals surface area contributed by atoms with Crippen molar-refractivity contribution in [1.82, 2.24) is 4.90 Å². The van der Waals surface area contributed by atoms with Gasteiger partial charge in [0.15, 0.2) is 5.78 Å². The van der Waals surface area contributed by atoms with Crippen molar-refractivity contribution in [2.45, 2.75) is 22.0 Å². The van der Waals surface area contributed by atoms with Crippen molar-refractivity contribution in [1.29, 1.82) is 0 Å². The van der Waals surface area contributed by atoms with E-state index in [1.807, 2.05) is 12.1 Å². The number of ketones is 1. The predicted molar refractivity (Wildman–Crippen MR) is 136 cm³/mol. The van der Waals surface area contributed by atoms with Crippen LogP contribution in [-0.2, 0) is 3.79 Å². The van der Waals surface area contributed by atoms with Crippen molar-refractivity contribution in [3.63, 3.8) is 0 Å². The third-order valence-electron chi connectivity index (χ3n) is 5.51. The molecule has 0 radical (unpaired) electrons. The highest BCUT2D eigenvalue weighted by molar-refractivity contribution is 8.03. The topological polar surface area (TPSA) is 20.3 Å². The van der Waals surface area contributed by atoms with Crippen LogP contribution in [0.4, 0.5) is 0 Å². The van der Waals surface area contributed by atoms with Crippen LogP contribution in [0.3, 0.4) is 0 Å². The third kappa shape index (κ3) is 5.02. The molecular formula is C26H22Cl3NOS. The van der Waals surface area contributed by atoms with Gasteiger partial charge < -0.3 is 4.90 Å². The lowest BCUT2D eigenvalue weighted by Gasteiger charge is -2.28. The van der Waals surface area contributed by atoms with E-state index in [4.69, 9.17) is 34.8 Å². The summed E-state index contributed by atoms with van der Waals surface area (Å²) in [6.07, 6.45) is 1.73. The fourth-order valence-electron chi connectivity index (χ4n) is 3.95. The number of likely N-dealkylation sites (N-methyl/N-ethyl adjacent to an activating group) is 1. The van der Waals surface area contributed by atoms with Crippen LogP contribution in [0.25, 0.3) is 0 Å². The molecule has 1 fully saturated rings. The Kier molecular flexibility index (Phi) is 7.21. The Morgan fingerprint density at radius 3 is 2.00 bits per heavy atom. The molecule has 0 aliphatic carbocycles.